The summed E-state index contributed by atoms with van der Waals surface area (Å²) in [4.78, 5) is 23.0. The molecule has 1 atom stereocenters. The van der Waals surface area contributed by atoms with Gasteiger partial charge in [-0.05, 0) is 50.6 Å². The highest BCUT2D eigenvalue weighted by molar-refractivity contribution is 6.05. The molecular formula is C24H25FN6O2. The van der Waals surface area contributed by atoms with Crippen molar-refractivity contribution in [2.45, 2.75) is 32.4 Å². The fraction of sp³-hybridized carbons (Fsp3) is 0.292. The van der Waals surface area contributed by atoms with Crippen LogP contribution in [0.1, 0.15) is 35.8 Å². The van der Waals surface area contributed by atoms with Crippen LogP contribution in [-0.2, 0) is 6.54 Å². The van der Waals surface area contributed by atoms with Gasteiger partial charge in [0.1, 0.15) is 17.4 Å². The maximum absolute atomic E-state index is 14.8. The zero-order valence-electron chi connectivity index (χ0n) is 18.5. The average Bonchev–Trinajstić information content (AvgIpc) is 3.55. The molecule has 1 amide bonds. The first-order chi connectivity index (χ1) is 16.0. The van der Waals surface area contributed by atoms with Crippen LogP contribution in [-0.4, -0.2) is 50.7 Å². The highest BCUT2D eigenvalue weighted by Crippen LogP contribution is 2.31. The summed E-state index contributed by atoms with van der Waals surface area (Å²) in [5, 5.41) is 10.3. The Labute approximate surface area is 190 Å². The second-order valence-electron chi connectivity index (χ2n) is 8.37. The summed E-state index contributed by atoms with van der Waals surface area (Å²) in [7, 11) is 1.47. The van der Waals surface area contributed by atoms with Crippen molar-refractivity contribution in [3.63, 3.8) is 0 Å². The lowest BCUT2D eigenvalue weighted by Crippen LogP contribution is -2.26. The molecule has 8 nitrogen and oxygen atoms in total. The normalized spacial score (nSPS) is 16.4. The highest BCUT2D eigenvalue weighted by Gasteiger charge is 2.21. The minimum absolute atomic E-state index is 0.132. The van der Waals surface area contributed by atoms with Crippen LogP contribution in [0.4, 0.5) is 10.2 Å². The van der Waals surface area contributed by atoms with Crippen molar-refractivity contribution in [1.29, 1.82) is 0 Å². The number of methoxy groups -OCH3 is 1. The molecular weight excluding hydrogens is 423 g/mol. The number of hydrogen-bond donors (Lipinski definition) is 3. The van der Waals surface area contributed by atoms with Gasteiger partial charge in [-0.25, -0.2) is 9.37 Å². The third kappa shape index (κ3) is 4.19. The molecule has 1 fully saturated rings. The summed E-state index contributed by atoms with van der Waals surface area (Å²) in [6.45, 7) is 4.20. The number of anilines is 1. The summed E-state index contributed by atoms with van der Waals surface area (Å²) >= 11 is 0. The zero-order valence-corrected chi connectivity index (χ0v) is 18.5. The number of rotatable bonds is 6. The first kappa shape index (κ1) is 21.1. The van der Waals surface area contributed by atoms with Gasteiger partial charge in [0.05, 0.1) is 23.9 Å². The van der Waals surface area contributed by atoms with Gasteiger partial charge < -0.3 is 15.0 Å². The van der Waals surface area contributed by atoms with Crippen LogP contribution < -0.4 is 10.1 Å². The molecule has 0 spiro atoms. The standard InChI is InChI=1S/C24H25FN6O2/c1-14-4-3-7-31(14)13-16-8-15-12-26-23(11-21(15)28-16)29-24(32)17-10-22(33-2)18(9-19(17)25)20-5-6-27-30-20/h5-6,8-12,14,28H,3-4,7,13H2,1-2H3,(H,27,30)(H,26,29,32)/t14-/m0/s1. The molecule has 5 rings (SSSR count). The number of H-pyrrole nitrogens is 2. The van der Waals surface area contributed by atoms with Crippen molar-refractivity contribution < 1.29 is 13.9 Å². The van der Waals surface area contributed by atoms with Gasteiger partial charge in [0.25, 0.3) is 5.91 Å². The van der Waals surface area contributed by atoms with Gasteiger partial charge in [-0.3, -0.25) is 14.8 Å². The van der Waals surface area contributed by atoms with Crippen molar-refractivity contribution >= 4 is 22.6 Å². The van der Waals surface area contributed by atoms with E-state index in [4.69, 9.17) is 4.74 Å². The molecule has 3 N–H and O–H groups in total. The smallest absolute Gasteiger partial charge is 0.259 e. The molecule has 0 bridgehead atoms. The van der Waals surface area contributed by atoms with Gasteiger partial charge in [0.2, 0.25) is 0 Å². The second kappa shape index (κ2) is 8.67. The number of carbonyl (C=O) groups excluding carboxylic acids is 1. The third-order valence-corrected chi connectivity index (χ3v) is 6.19. The number of ether oxygens (including phenoxy) is 1. The van der Waals surface area contributed by atoms with E-state index in [9.17, 15) is 9.18 Å². The molecule has 0 unspecified atom stereocenters. The lowest BCUT2D eigenvalue weighted by Gasteiger charge is -2.19. The molecule has 9 heteroatoms. The van der Waals surface area contributed by atoms with Crippen LogP contribution in [0.2, 0.25) is 0 Å². The number of aromatic nitrogens is 4. The second-order valence-corrected chi connectivity index (χ2v) is 8.37. The molecule has 3 aromatic heterocycles. The topological polar surface area (TPSA) is 98.9 Å². The number of carbonyl (C=O) groups is 1. The van der Waals surface area contributed by atoms with E-state index in [1.54, 1.807) is 24.5 Å². The van der Waals surface area contributed by atoms with Gasteiger partial charge in [-0.2, -0.15) is 5.10 Å². The molecule has 4 aromatic rings. The van der Waals surface area contributed by atoms with Crippen LogP contribution in [0.5, 0.6) is 5.75 Å². The molecule has 33 heavy (non-hydrogen) atoms. The number of halogens is 1. The molecule has 1 aromatic carbocycles. The SMILES string of the molecule is COc1cc(C(=O)Nc2cc3[nH]c(CN4CCC[C@@H]4C)cc3cn2)c(F)cc1-c1ccn[nH]1. The minimum Gasteiger partial charge on any atom is -0.496 e. The van der Waals surface area contributed by atoms with E-state index in [0.717, 1.165) is 29.7 Å². The summed E-state index contributed by atoms with van der Waals surface area (Å²) in [5.74, 6) is -0.571. The first-order valence-corrected chi connectivity index (χ1v) is 10.9. The van der Waals surface area contributed by atoms with Crippen molar-refractivity contribution in [2.24, 2.45) is 0 Å². The van der Waals surface area contributed by atoms with Gasteiger partial charge in [0, 0.05) is 47.7 Å². The fourth-order valence-corrected chi connectivity index (χ4v) is 4.38. The fourth-order valence-electron chi connectivity index (χ4n) is 4.38. The first-order valence-electron chi connectivity index (χ1n) is 10.9. The minimum atomic E-state index is -0.666. The Morgan fingerprint density at radius 1 is 1.33 bits per heavy atom. The molecule has 1 aliphatic heterocycles. The molecule has 0 radical (unpaired) electrons. The summed E-state index contributed by atoms with van der Waals surface area (Å²) in [5.41, 5.74) is 2.92. The number of fused-ring (bicyclic) bond motifs is 1. The Morgan fingerprint density at radius 3 is 2.94 bits per heavy atom. The Morgan fingerprint density at radius 2 is 2.21 bits per heavy atom. The average molecular weight is 449 g/mol. The molecule has 170 valence electrons. The third-order valence-electron chi connectivity index (χ3n) is 6.19. The van der Waals surface area contributed by atoms with Crippen molar-refractivity contribution in [3.8, 4) is 17.0 Å². The molecule has 0 aliphatic carbocycles. The zero-order chi connectivity index (χ0) is 22.9. The number of aromatic amines is 2. The molecule has 1 saturated heterocycles. The van der Waals surface area contributed by atoms with Crippen LogP contribution in [0.15, 0.2) is 42.7 Å². The largest absolute Gasteiger partial charge is 0.496 e. The number of hydrogen-bond acceptors (Lipinski definition) is 5. The number of benzene rings is 1. The van der Waals surface area contributed by atoms with Crippen LogP contribution in [0.3, 0.4) is 0 Å². The van der Waals surface area contributed by atoms with E-state index >= 15 is 0 Å². The molecule has 4 heterocycles. The number of nitrogens with zero attached hydrogens (tertiary/aromatic N) is 3. The maximum Gasteiger partial charge on any atom is 0.259 e. The van der Waals surface area contributed by atoms with Crippen molar-refractivity contribution in [1.82, 2.24) is 25.1 Å². The predicted molar refractivity (Wildman–Crippen MR) is 124 cm³/mol. The lowest BCUT2D eigenvalue weighted by molar-refractivity contribution is 0.102. The van der Waals surface area contributed by atoms with Gasteiger partial charge in [-0.15, -0.1) is 0 Å². The Bertz CT molecular complexity index is 1300. The Balaban J connectivity index is 1.36. The number of nitrogens with one attached hydrogen (secondary N) is 3. The van der Waals surface area contributed by atoms with Crippen molar-refractivity contribution in [2.75, 3.05) is 19.0 Å². The van der Waals surface area contributed by atoms with Crippen LogP contribution >= 0.6 is 0 Å². The number of amides is 1. The highest BCUT2D eigenvalue weighted by atomic mass is 19.1. The summed E-state index contributed by atoms with van der Waals surface area (Å²) in [6, 6.07) is 8.76. The van der Waals surface area contributed by atoms with E-state index in [1.807, 2.05) is 0 Å². The summed E-state index contributed by atoms with van der Waals surface area (Å²) < 4.78 is 20.2. The van der Waals surface area contributed by atoms with Crippen LogP contribution in [0.25, 0.3) is 22.2 Å². The van der Waals surface area contributed by atoms with E-state index in [0.29, 0.717) is 28.9 Å². The Hall–Kier alpha value is -3.72. The quantitative estimate of drug-likeness (QED) is 0.408. The van der Waals surface area contributed by atoms with Gasteiger partial charge in [-0.1, -0.05) is 0 Å². The number of likely N-dealkylation sites (tertiary alicyclic amines) is 1. The van der Waals surface area contributed by atoms with Crippen molar-refractivity contribution in [3.05, 3.63) is 59.8 Å². The van der Waals surface area contributed by atoms with E-state index in [-0.39, 0.29) is 5.56 Å². The van der Waals surface area contributed by atoms with Gasteiger partial charge >= 0.3 is 0 Å². The number of pyridine rings is 1. The van der Waals surface area contributed by atoms with E-state index in [1.165, 1.54) is 32.1 Å². The summed E-state index contributed by atoms with van der Waals surface area (Å²) in [6.07, 6.45) is 5.72. The molecule has 0 saturated carbocycles. The maximum atomic E-state index is 14.8. The lowest BCUT2D eigenvalue weighted by atomic mass is 10.1. The predicted octanol–water partition coefficient (Wildman–Crippen LogP) is 4.34. The monoisotopic (exact) mass is 448 g/mol. The Kier molecular flexibility index (Phi) is 5.55. The van der Waals surface area contributed by atoms with Gasteiger partial charge in [0.15, 0.2) is 0 Å². The molecule has 1 aliphatic rings. The van der Waals surface area contributed by atoms with E-state index < -0.39 is 11.7 Å². The van der Waals surface area contributed by atoms with Crippen LogP contribution in [0, 0.1) is 5.82 Å². The van der Waals surface area contributed by atoms with E-state index in [2.05, 4.69) is 43.4 Å².